The Morgan fingerprint density at radius 1 is 1.09 bits per heavy atom. The first-order valence-corrected chi connectivity index (χ1v) is 9.02. The van der Waals surface area contributed by atoms with Crippen molar-refractivity contribution in [2.45, 2.75) is 23.2 Å². The molecule has 0 radical (unpaired) electrons. The third kappa shape index (κ3) is 2.64. The van der Waals surface area contributed by atoms with Gasteiger partial charge in [-0.2, -0.15) is 5.10 Å². The van der Waals surface area contributed by atoms with Crippen molar-refractivity contribution in [1.29, 1.82) is 0 Å². The monoisotopic (exact) mass is 327 g/mol. The summed E-state index contributed by atoms with van der Waals surface area (Å²) in [6.45, 7) is 0. The molecule has 0 amide bonds. The second-order valence-corrected chi connectivity index (χ2v) is 7.75. The van der Waals surface area contributed by atoms with E-state index in [-0.39, 0.29) is 4.90 Å². The van der Waals surface area contributed by atoms with Crippen molar-refractivity contribution in [3.8, 4) is 0 Å². The summed E-state index contributed by atoms with van der Waals surface area (Å²) in [7, 11) is -1.70. The molecule has 1 aliphatic rings. The van der Waals surface area contributed by atoms with Crippen LogP contribution in [0.15, 0.2) is 53.6 Å². The van der Waals surface area contributed by atoms with E-state index in [2.05, 4.69) is 23.3 Å². The molecule has 3 aromatic rings. The smallest absolute Gasteiger partial charge is 0.238 e. The molecule has 2 aromatic carbocycles. The van der Waals surface area contributed by atoms with Crippen LogP contribution in [-0.4, -0.2) is 18.2 Å². The number of rotatable bonds is 3. The lowest BCUT2D eigenvalue weighted by Crippen LogP contribution is -2.11. The quantitative estimate of drug-likeness (QED) is 0.803. The molecule has 5 nitrogen and oxygen atoms in total. The van der Waals surface area contributed by atoms with Crippen molar-refractivity contribution in [2.75, 3.05) is 0 Å². The molecule has 1 aliphatic carbocycles. The van der Waals surface area contributed by atoms with Crippen LogP contribution in [0.5, 0.6) is 0 Å². The summed E-state index contributed by atoms with van der Waals surface area (Å²) in [6, 6.07) is 13.3. The highest BCUT2D eigenvalue weighted by atomic mass is 32.2. The van der Waals surface area contributed by atoms with Crippen molar-refractivity contribution >= 4 is 20.9 Å². The molecule has 1 aromatic heterocycles. The molecule has 2 unspecified atom stereocenters. The molecule has 118 valence electrons. The van der Waals surface area contributed by atoms with E-state index in [9.17, 15) is 8.42 Å². The molecule has 0 bridgehead atoms. The van der Waals surface area contributed by atoms with E-state index < -0.39 is 10.0 Å². The molecule has 2 N–H and O–H groups in total. The molecular weight excluding hydrogens is 310 g/mol. The minimum atomic E-state index is -3.62. The number of benzene rings is 2. The first kappa shape index (κ1) is 14.4. The highest BCUT2D eigenvalue weighted by Gasteiger charge is 2.39. The van der Waals surface area contributed by atoms with Gasteiger partial charge in [-0.1, -0.05) is 24.3 Å². The fraction of sp³-hybridized carbons (Fsp3) is 0.235. The number of nitrogens with zero attached hydrogens (tertiary/aromatic N) is 2. The number of aromatic nitrogens is 2. The number of nitrogens with two attached hydrogens (primary N) is 1. The van der Waals surface area contributed by atoms with E-state index in [1.807, 2.05) is 30.1 Å². The van der Waals surface area contributed by atoms with Crippen LogP contribution in [0.1, 0.15) is 29.4 Å². The van der Waals surface area contributed by atoms with Gasteiger partial charge in [-0.05, 0) is 47.6 Å². The predicted octanol–water partition coefficient (Wildman–Crippen LogP) is 2.49. The summed E-state index contributed by atoms with van der Waals surface area (Å²) >= 11 is 0. The van der Waals surface area contributed by atoms with Gasteiger partial charge in [0.2, 0.25) is 10.0 Å². The van der Waals surface area contributed by atoms with Crippen LogP contribution in [0.3, 0.4) is 0 Å². The Kier molecular flexibility index (Phi) is 3.08. The Balaban J connectivity index is 1.58. The van der Waals surface area contributed by atoms with E-state index >= 15 is 0 Å². The van der Waals surface area contributed by atoms with E-state index in [0.717, 1.165) is 22.9 Å². The zero-order chi connectivity index (χ0) is 16.2. The highest BCUT2D eigenvalue weighted by Crippen LogP contribution is 2.54. The van der Waals surface area contributed by atoms with Crippen LogP contribution < -0.4 is 5.14 Å². The van der Waals surface area contributed by atoms with Crippen LogP contribution >= 0.6 is 0 Å². The fourth-order valence-corrected chi connectivity index (χ4v) is 3.74. The van der Waals surface area contributed by atoms with Gasteiger partial charge in [0, 0.05) is 18.6 Å². The number of primary sulfonamides is 1. The van der Waals surface area contributed by atoms with Gasteiger partial charge in [0.05, 0.1) is 10.4 Å². The number of sulfonamides is 1. The maximum absolute atomic E-state index is 11.3. The van der Waals surface area contributed by atoms with Gasteiger partial charge in [0.25, 0.3) is 0 Å². The van der Waals surface area contributed by atoms with Gasteiger partial charge in [-0.25, -0.2) is 13.6 Å². The molecule has 0 aliphatic heterocycles. The Morgan fingerprint density at radius 2 is 1.74 bits per heavy atom. The molecule has 0 spiro atoms. The molecule has 23 heavy (non-hydrogen) atoms. The highest BCUT2D eigenvalue weighted by molar-refractivity contribution is 7.89. The fourth-order valence-electron chi connectivity index (χ4n) is 3.22. The van der Waals surface area contributed by atoms with Gasteiger partial charge in [-0.15, -0.1) is 0 Å². The first-order valence-electron chi connectivity index (χ1n) is 7.48. The normalized spacial score (nSPS) is 20.8. The van der Waals surface area contributed by atoms with Crippen molar-refractivity contribution in [1.82, 2.24) is 9.78 Å². The van der Waals surface area contributed by atoms with Gasteiger partial charge in [0.15, 0.2) is 0 Å². The Bertz CT molecular complexity index is 990. The molecule has 1 fully saturated rings. The lowest BCUT2D eigenvalue weighted by Gasteiger charge is -2.03. The van der Waals surface area contributed by atoms with Crippen molar-refractivity contribution in [3.05, 3.63) is 59.8 Å². The molecule has 6 heteroatoms. The van der Waals surface area contributed by atoms with Gasteiger partial charge < -0.3 is 0 Å². The minimum absolute atomic E-state index is 0.161. The average molecular weight is 327 g/mol. The van der Waals surface area contributed by atoms with E-state index in [1.54, 1.807) is 12.1 Å². The van der Waals surface area contributed by atoms with E-state index in [0.29, 0.717) is 11.8 Å². The molecular formula is C17H17N3O2S. The van der Waals surface area contributed by atoms with Crippen molar-refractivity contribution < 1.29 is 8.42 Å². The third-order valence-electron chi connectivity index (χ3n) is 4.50. The van der Waals surface area contributed by atoms with Crippen LogP contribution in [0.4, 0.5) is 0 Å². The summed E-state index contributed by atoms with van der Waals surface area (Å²) in [4.78, 5) is 0.161. The number of hydrogen-bond acceptors (Lipinski definition) is 3. The predicted molar refractivity (Wildman–Crippen MR) is 88.6 cm³/mol. The van der Waals surface area contributed by atoms with Gasteiger partial charge in [-0.3, -0.25) is 4.68 Å². The lowest BCUT2D eigenvalue weighted by atomic mass is 10.0. The second kappa shape index (κ2) is 4.91. The van der Waals surface area contributed by atoms with Gasteiger partial charge in [0.1, 0.15) is 0 Å². The van der Waals surface area contributed by atoms with E-state index in [4.69, 9.17) is 5.14 Å². The summed E-state index contributed by atoms with van der Waals surface area (Å²) in [6.07, 6.45) is 3.09. The third-order valence-corrected chi connectivity index (χ3v) is 5.43. The Morgan fingerprint density at radius 3 is 2.43 bits per heavy atom. The Labute approximate surface area is 134 Å². The van der Waals surface area contributed by atoms with Crippen LogP contribution in [-0.2, 0) is 17.1 Å². The van der Waals surface area contributed by atoms with Crippen molar-refractivity contribution in [2.24, 2.45) is 12.2 Å². The van der Waals surface area contributed by atoms with Crippen LogP contribution in [0.25, 0.3) is 10.9 Å². The number of hydrogen-bond donors (Lipinski definition) is 1. The molecule has 1 saturated carbocycles. The summed E-state index contributed by atoms with van der Waals surface area (Å²) in [5.74, 6) is 0.910. The molecule has 2 atom stereocenters. The molecule has 4 rings (SSSR count). The maximum Gasteiger partial charge on any atom is 0.238 e. The lowest BCUT2D eigenvalue weighted by molar-refractivity contribution is 0.598. The van der Waals surface area contributed by atoms with Gasteiger partial charge >= 0.3 is 0 Å². The topological polar surface area (TPSA) is 78.0 Å². The standard InChI is InChI=1S/C17H17N3O2S/c1-20-10-13-3-2-12(8-17(13)19-20)16-9-15(16)11-4-6-14(7-5-11)23(18,21)22/h2-8,10,15-16H,9H2,1H3,(H2,18,21,22). The molecule has 1 heterocycles. The largest absolute Gasteiger partial charge is 0.275 e. The van der Waals surface area contributed by atoms with Crippen LogP contribution in [0, 0.1) is 0 Å². The van der Waals surface area contributed by atoms with E-state index in [1.165, 1.54) is 5.56 Å². The molecule has 0 saturated heterocycles. The van der Waals surface area contributed by atoms with Crippen molar-refractivity contribution in [3.63, 3.8) is 0 Å². The zero-order valence-electron chi connectivity index (χ0n) is 12.7. The number of fused-ring (bicyclic) bond motifs is 1. The minimum Gasteiger partial charge on any atom is -0.275 e. The Hall–Kier alpha value is -2.18. The maximum atomic E-state index is 11.3. The summed E-state index contributed by atoms with van der Waals surface area (Å²) in [5, 5.41) is 10.7. The zero-order valence-corrected chi connectivity index (χ0v) is 13.5. The summed E-state index contributed by atoms with van der Waals surface area (Å²) in [5.41, 5.74) is 3.46. The SMILES string of the molecule is Cn1cc2ccc(C3CC3c3ccc(S(N)(=O)=O)cc3)cc2n1. The number of aryl methyl sites for hydroxylation is 1. The first-order chi connectivity index (χ1) is 10.9. The average Bonchev–Trinajstić information content (AvgIpc) is 3.21. The second-order valence-electron chi connectivity index (χ2n) is 6.18. The van der Waals surface area contributed by atoms with Crippen LogP contribution in [0.2, 0.25) is 0 Å². The summed E-state index contributed by atoms with van der Waals surface area (Å²) < 4.78 is 24.4.